The first-order valence-electron chi connectivity index (χ1n) is 6.97. The molecule has 0 spiro atoms. The van der Waals surface area contributed by atoms with Crippen LogP contribution in [0.5, 0.6) is 11.5 Å². The number of nitrogens with zero attached hydrogens (tertiary/aromatic N) is 1. The molecule has 0 radical (unpaired) electrons. The number of amides is 1. The lowest BCUT2D eigenvalue weighted by atomic mass is 10.1. The summed E-state index contributed by atoms with van der Waals surface area (Å²) in [7, 11) is 3.12. The Labute approximate surface area is 141 Å². The molecule has 1 aliphatic rings. The molecule has 0 aromatic heterocycles. The third-order valence-corrected chi connectivity index (χ3v) is 3.70. The standard InChI is InChI=1S/C16H19NO5.ClH/c1-21-13-5-3-11(14(9-13)22-2)4-6-15(18)17-8-7-12(10-17)16(19)20;/h3-6,9,12H,7-8,10H2,1-2H3,(H,19,20);1H. The second kappa shape index (κ2) is 8.43. The monoisotopic (exact) mass is 341 g/mol. The van der Waals surface area contributed by atoms with E-state index in [1.54, 1.807) is 43.4 Å². The molecular formula is C16H20ClNO5. The summed E-state index contributed by atoms with van der Waals surface area (Å²) in [4.78, 5) is 24.5. The van der Waals surface area contributed by atoms with Gasteiger partial charge in [-0.25, -0.2) is 0 Å². The van der Waals surface area contributed by atoms with Gasteiger partial charge in [-0.1, -0.05) is 0 Å². The van der Waals surface area contributed by atoms with E-state index < -0.39 is 11.9 Å². The Morgan fingerprint density at radius 3 is 2.61 bits per heavy atom. The molecule has 1 aromatic rings. The smallest absolute Gasteiger partial charge is 0.308 e. The van der Waals surface area contributed by atoms with E-state index in [1.165, 1.54) is 6.08 Å². The molecule has 1 aliphatic heterocycles. The van der Waals surface area contributed by atoms with Gasteiger partial charge in [-0.3, -0.25) is 9.59 Å². The number of carboxylic acids is 1. The van der Waals surface area contributed by atoms with Crippen LogP contribution in [-0.4, -0.2) is 49.2 Å². The number of ether oxygens (including phenoxy) is 2. The maximum Gasteiger partial charge on any atom is 0.308 e. The molecule has 126 valence electrons. The number of hydrogen-bond acceptors (Lipinski definition) is 4. The number of carbonyl (C=O) groups excluding carboxylic acids is 1. The fourth-order valence-electron chi connectivity index (χ4n) is 2.38. The van der Waals surface area contributed by atoms with Crippen molar-refractivity contribution < 1.29 is 24.2 Å². The van der Waals surface area contributed by atoms with Crippen LogP contribution in [0.15, 0.2) is 24.3 Å². The van der Waals surface area contributed by atoms with Crippen molar-refractivity contribution in [3.05, 3.63) is 29.8 Å². The average molecular weight is 342 g/mol. The van der Waals surface area contributed by atoms with E-state index >= 15 is 0 Å². The minimum atomic E-state index is -0.851. The normalized spacial score (nSPS) is 17.0. The first kappa shape index (κ1) is 18.8. The van der Waals surface area contributed by atoms with E-state index in [0.29, 0.717) is 24.5 Å². The molecule has 1 amide bonds. The highest BCUT2D eigenvalue weighted by molar-refractivity contribution is 5.92. The molecule has 1 fully saturated rings. The Morgan fingerprint density at radius 1 is 1.30 bits per heavy atom. The van der Waals surface area contributed by atoms with Gasteiger partial charge in [0.05, 0.1) is 20.1 Å². The summed E-state index contributed by atoms with van der Waals surface area (Å²) in [5, 5.41) is 8.95. The molecule has 1 unspecified atom stereocenters. The lowest BCUT2D eigenvalue weighted by Gasteiger charge is -2.13. The van der Waals surface area contributed by atoms with Crippen LogP contribution in [0.1, 0.15) is 12.0 Å². The maximum absolute atomic E-state index is 12.1. The van der Waals surface area contributed by atoms with Gasteiger partial charge in [-0.05, 0) is 24.6 Å². The molecular weight excluding hydrogens is 322 g/mol. The van der Waals surface area contributed by atoms with E-state index in [9.17, 15) is 9.59 Å². The largest absolute Gasteiger partial charge is 0.497 e. The molecule has 0 aliphatic carbocycles. The van der Waals surface area contributed by atoms with Gasteiger partial charge < -0.3 is 19.5 Å². The summed E-state index contributed by atoms with van der Waals surface area (Å²) in [6.45, 7) is 0.734. The molecule has 6 nitrogen and oxygen atoms in total. The van der Waals surface area contributed by atoms with E-state index in [-0.39, 0.29) is 24.9 Å². The number of aliphatic carboxylic acids is 1. The zero-order valence-corrected chi connectivity index (χ0v) is 13.8. The zero-order valence-electron chi connectivity index (χ0n) is 13.0. The molecule has 1 heterocycles. The first-order valence-corrected chi connectivity index (χ1v) is 6.97. The lowest BCUT2D eigenvalue weighted by molar-refractivity contribution is -0.141. The van der Waals surface area contributed by atoms with Crippen molar-refractivity contribution in [2.45, 2.75) is 6.42 Å². The van der Waals surface area contributed by atoms with E-state index in [2.05, 4.69) is 0 Å². The zero-order chi connectivity index (χ0) is 16.1. The van der Waals surface area contributed by atoms with Crippen LogP contribution in [0.3, 0.4) is 0 Å². The van der Waals surface area contributed by atoms with Crippen LogP contribution >= 0.6 is 12.4 Å². The topological polar surface area (TPSA) is 76.1 Å². The van der Waals surface area contributed by atoms with Gasteiger partial charge in [0.15, 0.2) is 0 Å². The van der Waals surface area contributed by atoms with Gasteiger partial charge >= 0.3 is 5.97 Å². The number of rotatable bonds is 5. The molecule has 1 atom stereocenters. The second-order valence-corrected chi connectivity index (χ2v) is 5.05. The second-order valence-electron chi connectivity index (χ2n) is 5.05. The molecule has 23 heavy (non-hydrogen) atoms. The summed E-state index contributed by atoms with van der Waals surface area (Å²) in [5.74, 6) is -0.233. The Bertz CT molecular complexity index is 602. The Balaban J connectivity index is 0.00000264. The van der Waals surface area contributed by atoms with Crippen molar-refractivity contribution in [3.8, 4) is 11.5 Å². The molecule has 1 saturated heterocycles. The van der Waals surface area contributed by atoms with Gasteiger partial charge in [-0.2, -0.15) is 0 Å². The van der Waals surface area contributed by atoms with Crippen LogP contribution in [0.2, 0.25) is 0 Å². The van der Waals surface area contributed by atoms with Gasteiger partial charge in [0.25, 0.3) is 0 Å². The quantitative estimate of drug-likeness (QED) is 0.830. The van der Waals surface area contributed by atoms with Gasteiger partial charge in [-0.15, -0.1) is 12.4 Å². The van der Waals surface area contributed by atoms with Crippen LogP contribution in [0.4, 0.5) is 0 Å². The van der Waals surface area contributed by atoms with Crippen molar-refractivity contribution in [1.82, 2.24) is 4.90 Å². The fourth-order valence-corrected chi connectivity index (χ4v) is 2.38. The first-order chi connectivity index (χ1) is 10.5. The SMILES string of the molecule is COc1ccc(C=CC(=O)N2CCC(C(=O)O)C2)c(OC)c1.Cl. The number of carbonyl (C=O) groups is 2. The number of benzene rings is 1. The van der Waals surface area contributed by atoms with Crippen LogP contribution in [0, 0.1) is 5.92 Å². The molecule has 0 saturated carbocycles. The molecule has 2 rings (SSSR count). The Kier molecular flexibility index (Phi) is 6.90. The van der Waals surface area contributed by atoms with Gasteiger partial charge in [0.2, 0.25) is 5.91 Å². The lowest BCUT2D eigenvalue weighted by Crippen LogP contribution is -2.28. The highest BCUT2D eigenvalue weighted by Crippen LogP contribution is 2.26. The summed E-state index contributed by atoms with van der Waals surface area (Å²) >= 11 is 0. The number of hydrogen-bond donors (Lipinski definition) is 1. The Hall–Kier alpha value is -2.21. The molecule has 0 bridgehead atoms. The summed E-state index contributed by atoms with van der Waals surface area (Å²) in [6.07, 6.45) is 3.60. The van der Waals surface area contributed by atoms with E-state index in [4.69, 9.17) is 14.6 Å². The number of halogens is 1. The average Bonchev–Trinajstić information content (AvgIpc) is 3.02. The van der Waals surface area contributed by atoms with Crippen molar-refractivity contribution in [2.24, 2.45) is 5.92 Å². The van der Waals surface area contributed by atoms with Crippen molar-refractivity contribution >= 4 is 30.4 Å². The summed E-state index contributed by atoms with van der Waals surface area (Å²) in [5.41, 5.74) is 0.755. The van der Waals surface area contributed by atoms with E-state index in [1.807, 2.05) is 0 Å². The fraction of sp³-hybridized carbons (Fsp3) is 0.375. The number of likely N-dealkylation sites (tertiary alicyclic amines) is 1. The molecule has 1 aromatic carbocycles. The van der Waals surface area contributed by atoms with Gasteiger partial charge in [0.1, 0.15) is 11.5 Å². The number of methoxy groups -OCH3 is 2. The third kappa shape index (κ3) is 4.63. The highest BCUT2D eigenvalue weighted by atomic mass is 35.5. The summed E-state index contributed by atoms with van der Waals surface area (Å²) in [6, 6.07) is 5.31. The Morgan fingerprint density at radius 2 is 2.04 bits per heavy atom. The number of carboxylic acid groups (broad SMARTS) is 1. The minimum Gasteiger partial charge on any atom is -0.497 e. The van der Waals surface area contributed by atoms with Crippen molar-refractivity contribution in [2.75, 3.05) is 27.3 Å². The molecule has 1 N–H and O–H groups in total. The maximum atomic E-state index is 12.1. The predicted octanol–water partition coefficient (Wildman–Crippen LogP) is 2.07. The minimum absolute atomic E-state index is 0. The van der Waals surface area contributed by atoms with Gasteiger partial charge in [0, 0.05) is 30.8 Å². The third-order valence-electron chi connectivity index (χ3n) is 3.70. The van der Waals surface area contributed by atoms with Crippen molar-refractivity contribution in [1.29, 1.82) is 0 Å². The van der Waals surface area contributed by atoms with E-state index in [0.717, 1.165) is 5.56 Å². The van der Waals surface area contributed by atoms with Crippen LogP contribution in [-0.2, 0) is 9.59 Å². The van der Waals surface area contributed by atoms with Crippen molar-refractivity contribution in [3.63, 3.8) is 0 Å². The van der Waals surface area contributed by atoms with Crippen LogP contribution < -0.4 is 9.47 Å². The predicted molar refractivity (Wildman–Crippen MR) is 88.2 cm³/mol. The van der Waals surface area contributed by atoms with Crippen LogP contribution in [0.25, 0.3) is 6.08 Å². The highest BCUT2D eigenvalue weighted by Gasteiger charge is 2.29. The molecule has 7 heteroatoms. The summed E-state index contributed by atoms with van der Waals surface area (Å²) < 4.78 is 10.4.